The van der Waals surface area contributed by atoms with Gasteiger partial charge in [0, 0.05) is 15.4 Å². The van der Waals surface area contributed by atoms with Crippen LogP contribution in [0.15, 0.2) is 82.6 Å². The number of hydrogen-bond acceptors (Lipinski definition) is 2. The second kappa shape index (κ2) is 6.14. The first kappa shape index (κ1) is 15.0. The van der Waals surface area contributed by atoms with E-state index < -0.39 is 0 Å². The summed E-state index contributed by atoms with van der Waals surface area (Å²) in [4.78, 5) is 14.2. The van der Waals surface area contributed by atoms with Gasteiger partial charge in [0.1, 0.15) is 0 Å². The van der Waals surface area contributed by atoms with Gasteiger partial charge in [-0.3, -0.25) is 4.79 Å². The molecular weight excluding hydrogens is 312 g/mol. The van der Waals surface area contributed by atoms with Crippen molar-refractivity contribution in [3.8, 4) is 0 Å². The molecule has 0 aliphatic carbocycles. The number of benzene rings is 3. The molecule has 0 aromatic heterocycles. The van der Waals surface area contributed by atoms with E-state index in [4.69, 9.17) is 0 Å². The number of carbonyl (C=O) groups is 1. The summed E-state index contributed by atoms with van der Waals surface area (Å²) in [6, 6.07) is 24.9. The lowest BCUT2D eigenvalue weighted by Crippen LogP contribution is -1.93. The normalized spacial score (nSPS) is 12.6. The summed E-state index contributed by atoms with van der Waals surface area (Å²) >= 11 is 1.76. The highest BCUT2D eigenvalue weighted by atomic mass is 32.2. The number of hydrogen-bond donors (Lipinski definition) is 0. The van der Waals surface area contributed by atoms with Gasteiger partial charge >= 0.3 is 0 Å². The summed E-state index contributed by atoms with van der Waals surface area (Å²) in [7, 11) is 0. The number of rotatable bonds is 2. The highest BCUT2D eigenvalue weighted by Gasteiger charge is 2.17. The molecule has 3 aromatic rings. The number of carbonyl (C=O) groups excluding carboxylic acids is 1. The fourth-order valence-electron chi connectivity index (χ4n) is 2.96. The molecule has 3 aromatic carbocycles. The van der Waals surface area contributed by atoms with E-state index in [9.17, 15) is 4.79 Å². The third-order valence-corrected chi connectivity index (χ3v) is 5.37. The van der Waals surface area contributed by atoms with Gasteiger partial charge in [-0.25, -0.2) is 0 Å². The van der Waals surface area contributed by atoms with Crippen LogP contribution < -0.4 is 0 Å². The first-order chi connectivity index (χ1) is 11.7. The van der Waals surface area contributed by atoms with Gasteiger partial charge in [0.2, 0.25) is 0 Å². The van der Waals surface area contributed by atoms with Crippen molar-refractivity contribution in [3.05, 3.63) is 95.1 Å². The predicted octanol–water partition coefficient (Wildman–Crippen LogP) is 5.94. The van der Waals surface area contributed by atoms with Crippen LogP contribution in [-0.2, 0) is 0 Å². The fourth-order valence-corrected chi connectivity index (χ4v) is 4.00. The first-order valence-electron chi connectivity index (χ1n) is 7.92. The molecule has 0 fully saturated rings. The molecule has 0 spiro atoms. The van der Waals surface area contributed by atoms with Crippen molar-refractivity contribution >= 4 is 29.2 Å². The molecule has 116 valence electrons. The van der Waals surface area contributed by atoms with Gasteiger partial charge in [-0.15, -0.1) is 0 Å². The second-order valence-corrected chi connectivity index (χ2v) is 6.91. The van der Waals surface area contributed by atoms with Gasteiger partial charge in [-0.05, 0) is 53.5 Å². The minimum atomic E-state index is 0.0965. The van der Waals surface area contributed by atoms with E-state index in [2.05, 4.69) is 60.7 Å². The smallest absolute Gasteiger partial charge is 0.159 e. The summed E-state index contributed by atoms with van der Waals surface area (Å²) in [5.41, 5.74) is 5.46. The molecule has 0 radical (unpaired) electrons. The fraction of sp³-hybridized carbons (Fsp3) is 0.0455. The first-order valence-corrected chi connectivity index (χ1v) is 8.73. The summed E-state index contributed by atoms with van der Waals surface area (Å²) in [5, 5.41) is 0. The minimum absolute atomic E-state index is 0.0965. The molecule has 0 bridgehead atoms. The lowest BCUT2D eigenvalue weighted by atomic mass is 9.95. The van der Waals surface area contributed by atoms with E-state index in [1.54, 1.807) is 18.7 Å². The van der Waals surface area contributed by atoms with Crippen LogP contribution in [0.4, 0.5) is 0 Å². The topological polar surface area (TPSA) is 17.1 Å². The SMILES string of the molecule is CC(=O)c1ccc2c(c1)C=C(c1ccccc1)c1ccccc1S2. The van der Waals surface area contributed by atoms with Crippen molar-refractivity contribution in [2.75, 3.05) is 0 Å². The maximum Gasteiger partial charge on any atom is 0.159 e. The van der Waals surface area contributed by atoms with Crippen LogP contribution in [0.3, 0.4) is 0 Å². The molecular formula is C22H16OS. The average molecular weight is 328 g/mol. The molecule has 0 saturated heterocycles. The molecule has 1 nitrogen and oxygen atoms in total. The standard InChI is InChI=1S/C22H16OS/c1-15(23)17-11-12-21-18(13-17)14-20(16-7-3-2-4-8-16)19-9-5-6-10-22(19)24-21/h2-14H,1H3. The van der Waals surface area contributed by atoms with E-state index in [1.807, 2.05) is 18.2 Å². The van der Waals surface area contributed by atoms with Crippen molar-refractivity contribution in [1.29, 1.82) is 0 Å². The minimum Gasteiger partial charge on any atom is -0.295 e. The zero-order valence-corrected chi connectivity index (χ0v) is 14.1. The van der Waals surface area contributed by atoms with Crippen LogP contribution in [0.5, 0.6) is 0 Å². The van der Waals surface area contributed by atoms with Gasteiger partial charge in [0.15, 0.2) is 5.78 Å². The lowest BCUT2D eigenvalue weighted by Gasteiger charge is -2.10. The Bertz CT molecular complexity index is 955. The molecule has 4 rings (SSSR count). The van der Waals surface area contributed by atoms with Crippen molar-refractivity contribution in [2.24, 2.45) is 0 Å². The Hall–Kier alpha value is -2.58. The molecule has 0 N–H and O–H groups in total. The van der Waals surface area contributed by atoms with E-state index in [0.29, 0.717) is 0 Å². The van der Waals surface area contributed by atoms with E-state index in [0.717, 1.165) is 11.1 Å². The van der Waals surface area contributed by atoms with Crippen molar-refractivity contribution < 1.29 is 4.79 Å². The molecule has 1 aliphatic heterocycles. The van der Waals surface area contributed by atoms with Crippen LogP contribution >= 0.6 is 11.8 Å². The molecule has 0 saturated carbocycles. The lowest BCUT2D eigenvalue weighted by molar-refractivity contribution is 0.101. The van der Waals surface area contributed by atoms with Gasteiger partial charge in [-0.1, -0.05) is 66.4 Å². The maximum atomic E-state index is 11.8. The van der Waals surface area contributed by atoms with Crippen LogP contribution in [0, 0.1) is 0 Å². The largest absolute Gasteiger partial charge is 0.295 e. The number of Topliss-reactive ketones (excluding diaryl/α,β-unsaturated/α-hetero) is 1. The third-order valence-electron chi connectivity index (χ3n) is 4.20. The Balaban J connectivity index is 1.98. The highest BCUT2D eigenvalue weighted by molar-refractivity contribution is 7.99. The van der Waals surface area contributed by atoms with Crippen LogP contribution in [0.2, 0.25) is 0 Å². The number of ketones is 1. The molecule has 1 heterocycles. The van der Waals surface area contributed by atoms with E-state index >= 15 is 0 Å². The quantitative estimate of drug-likeness (QED) is 0.423. The van der Waals surface area contributed by atoms with Crippen LogP contribution in [0.1, 0.15) is 34.0 Å². The molecule has 0 unspecified atom stereocenters. The van der Waals surface area contributed by atoms with Gasteiger partial charge < -0.3 is 0 Å². The highest BCUT2D eigenvalue weighted by Crippen LogP contribution is 2.42. The zero-order chi connectivity index (χ0) is 16.5. The van der Waals surface area contributed by atoms with E-state index in [-0.39, 0.29) is 5.78 Å². The van der Waals surface area contributed by atoms with Gasteiger partial charge in [0.05, 0.1) is 0 Å². The molecule has 0 atom stereocenters. The Kier molecular flexibility index (Phi) is 3.83. The Morgan fingerprint density at radius 3 is 2.38 bits per heavy atom. The monoisotopic (exact) mass is 328 g/mol. The molecule has 24 heavy (non-hydrogen) atoms. The Morgan fingerprint density at radius 1 is 0.833 bits per heavy atom. The van der Waals surface area contributed by atoms with Crippen molar-refractivity contribution in [2.45, 2.75) is 16.7 Å². The Morgan fingerprint density at radius 2 is 1.58 bits per heavy atom. The third kappa shape index (κ3) is 2.70. The average Bonchev–Trinajstić information content (AvgIpc) is 2.78. The Labute approximate surface area is 146 Å². The van der Waals surface area contributed by atoms with Crippen LogP contribution in [0.25, 0.3) is 11.6 Å². The van der Waals surface area contributed by atoms with Gasteiger partial charge in [-0.2, -0.15) is 0 Å². The molecule has 2 heteroatoms. The zero-order valence-electron chi connectivity index (χ0n) is 13.3. The summed E-state index contributed by atoms with van der Waals surface area (Å²) in [6.07, 6.45) is 2.20. The molecule has 0 amide bonds. The summed E-state index contributed by atoms with van der Waals surface area (Å²) in [6.45, 7) is 1.61. The second-order valence-electron chi connectivity index (χ2n) is 5.83. The van der Waals surface area contributed by atoms with Gasteiger partial charge in [0.25, 0.3) is 0 Å². The maximum absolute atomic E-state index is 11.8. The summed E-state index contributed by atoms with van der Waals surface area (Å²) < 4.78 is 0. The number of fused-ring (bicyclic) bond motifs is 2. The predicted molar refractivity (Wildman–Crippen MR) is 100 cm³/mol. The van der Waals surface area contributed by atoms with Crippen molar-refractivity contribution in [3.63, 3.8) is 0 Å². The molecule has 1 aliphatic rings. The van der Waals surface area contributed by atoms with Crippen molar-refractivity contribution in [1.82, 2.24) is 0 Å². The van der Waals surface area contributed by atoms with Crippen LogP contribution in [-0.4, -0.2) is 5.78 Å². The van der Waals surface area contributed by atoms with E-state index in [1.165, 1.54) is 26.5 Å². The summed E-state index contributed by atoms with van der Waals surface area (Å²) in [5.74, 6) is 0.0965.